The van der Waals surface area contributed by atoms with Crippen molar-refractivity contribution in [3.05, 3.63) is 0 Å². The Kier molecular flexibility index (Phi) is 4.41. The fourth-order valence-corrected chi connectivity index (χ4v) is 1.43. The number of ether oxygens (including phenoxy) is 1. The Balaban J connectivity index is 2.11. The lowest BCUT2D eigenvalue weighted by atomic mass is 10.1. The lowest BCUT2D eigenvalue weighted by Gasteiger charge is -2.10. The van der Waals surface area contributed by atoms with Gasteiger partial charge < -0.3 is 10.1 Å². The number of nitrogens with zero attached hydrogens (tertiary/aromatic N) is 1. The molecule has 4 heteroatoms. The van der Waals surface area contributed by atoms with Crippen LogP contribution in [-0.4, -0.2) is 25.2 Å². The standard InChI is InChI=1S/C10H16N2O2/c1-8(6-11)5-10(13)12-7-9-3-2-4-14-9/h8-9H,2-5,7H2,1H3,(H,12,13). The van der Waals surface area contributed by atoms with Crippen LogP contribution in [0.3, 0.4) is 0 Å². The van der Waals surface area contributed by atoms with Crippen LogP contribution in [0.25, 0.3) is 0 Å². The number of hydrogen-bond acceptors (Lipinski definition) is 3. The first-order valence-electron chi connectivity index (χ1n) is 5.00. The van der Waals surface area contributed by atoms with Gasteiger partial charge >= 0.3 is 0 Å². The summed E-state index contributed by atoms with van der Waals surface area (Å²) >= 11 is 0. The van der Waals surface area contributed by atoms with E-state index in [2.05, 4.69) is 5.32 Å². The predicted octanol–water partition coefficient (Wildman–Crippen LogP) is 0.831. The van der Waals surface area contributed by atoms with E-state index in [4.69, 9.17) is 10.00 Å². The van der Waals surface area contributed by atoms with Crippen molar-refractivity contribution in [2.75, 3.05) is 13.2 Å². The number of hydrogen-bond donors (Lipinski definition) is 1. The van der Waals surface area contributed by atoms with Gasteiger partial charge in [-0.3, -0.25) is 4.79 Å². The summed E-state index contributed by atoms with van der Waals surface area (Å²) in [7, 11) is 0. The smallest absolute Gasteiger partial charge is 0.221 e. The van der Waals surface area contributed by atoms with Crippen LogP contribution < -0.4 is 5.32 Å². The molecule has 14 heavy (non-hydrogen) atoms. The quantitative estimate of drug-likeness (QED) is 0.724. The molecule has 78 valence electrons. The number of amides is 1. The molecular formula is C10H16N2O2. The van der Waals surface area contributed by atoms with Crippen LogP contribution in [0.15, 0.2) is 0 Å². The van der Waals surface area contributed by atoms with E-state index in [0.717, 1.165) is 19.4 Å². The molecule has 0 bridgehead atoms. The molecule has 4 nitrogen and oxygen atoms in total. The first kappa shape index (κ1) is 11.0. The van der Waals surface area contributed by atoms with Crippen LogP contribution in [0.2, 0.25) is 0 Å². The zero-order valence-corrected chi connectivity index (χ0v) is 8.45. The van der Waals surface area contributed by atoms with E-state index in [0.29, 0.717) is 6.54 Å². The zero-order valence-electron chi connectivity index (χ0n) is 8.45. The minimum Gasteiger partial charge on any atom is -0.376 e. The molecule has 1 rings (SSSR count). The molecule has 1 N–H and O–H groups in total. The average Bonchev–Trinajstić information content (AvgIpc) is 2.67. The van der Waals surface area contributed by atoms with Gasteiger partial charge in [0.1, 0.15) is 0 Å². The summed E-state index contributed by atoms with van der Waals surface area (Å²) in [5, 5.41) is 11.3. The molecule has 2 atom stereocenters. The Morgan fingerprint density at radius 1 is 1.79 bits per heavy atom. The molecule has 0 aliphatic carbocycles. The van der Waals surface area contributed by atoms with Crippen molar-refractivity contribution in [2.45, 2.75) is 32.3 Å². The monoisotopic (exact) mass is 196 g/mol. The van der Waals surface area contributed by atoms with E-state index < -0.39 is 0 Å². The third kappa shape index (κ3) is 3.75. The number of rotatable bonds is 4. The van der Waals surface area contributed by atoms with Crippen molar-refractivity contribution in [1.29, 1.82) is 5.26 Å². The van der Waals surface area contributed by atoms with Gasteiger partial charge in [0, 0.05) is 19.6 Å². The number of carbonyl (C=O) groups is 1. The first-order valence-corrected chi connectivity index (χ1v) is 5.00. The average molecular weight is 196 g/mol. The second kappa shape index (κ2) is 5.61. The second-order valence-corrected chi connectivity index (χ2v) is 3.67. The summed E-state index contributed by atoms with van der Waals surface area (Å²) in [6.45, 7) is 3.12. The van der Waals surface area contributed by atoms with Crippen molar-refractivity contribution in [3.63, 3.8) is 0 Å². The molecule has 0 aromatic rings. The molecule has 1 aliphatic rings. The summed E-state index contributed by atoms with van der Waals surface area (Å²) in [6, 6.07) is 2.03. The third-order valence-corrected chi connectivity index (χ3v) is 2.26. The fourth-order valence-electron chi connectivity index (χ4n) is 1.43. The van der Waals surface area contributed by atoms with Crippen molar-refractivity contribution in [3.8, 4) is 6.07 Å². The Labute approximate surface area is 84.2 Å². The molecule has 1 fully saturated rings. The zero-order chi connectivity index (χ0) is 10.4. The number of carbonyl (C=O) groups excluding carboxylic acids is 1. The fraction of sp³-hybridized carbons (Fsp3) is 0.800. The maximum Gasteiger partial charge on any atom is 0.221 e. The molecule has 0 spiro atoms. The molecule has 1 heterocycles. The van der Waals surface area contributed by atoms with Crippen molar-refractivity contribution in [1.82, 2.24) is 5.32 Å². The van der Waals surface area contributed by atoms with Gasteiger partial charge in [0.2, 0.25) is 5.91 Å². The second-order valence-electron chi connectivity index (χ2n) is 3.67. The maximum absolute atomic E-state index is 11.3. The summed E-state index contributed by atoms with van der Waals surface area (Å²) in [6.07, 6.45) is 2.56. The van der Waals surface area contributed by atoms with Gasteiger partial charge in [-0.05, 0) is 19.8 Å². The molecule has 1 saturated heterocycles. The summed E-state index contributed by atoms with van der Waals surface area (Å²) in [5.74, 6) is -0.269. The van der Waals surface area contributed by atoms with Crippen LogP contribution in [0.1, 0.15) is 26.2 Å². The van der Waals surface area contributed by atoms with Crippen molar-refractivity contribution < 1.29 is 9.53 Å². The molecule has 0 saturated carbocycles. The van der Waals surface area contributed by atoms with E-state index in [1.165, 1.54) is 0 Å². The lowest BCUT2D eigenvalue weighted by Crippen LogP contribution is -2.32. The largest absolute Gasteiger partial charge is 0.376 e. The van der Waals surface area contributed by atoms with Gasteiger partial charge in [-0.1, -0.05) is 0 Å². The predicted molar refractivity (Wildman–Crippen MR) is 51.4 cm³/mol. The van der Waals surface area contributed by atoms with Gasteiger partial charge in [-0.2, -0.15) is 5.26 Å². The van der Waals surface area contributed by atoms with Crippen molar-refractivity contribution >= 4 is 5.91 Å². The molecular weight excluding hydrogens is 180 g/mol. The summed E-state index contributed by atoms with van der Waals surface area (Å²) in [5.41, 5.74) is 0. The van der Waals surface area contributed by atoms with E-state index >= 15 is 0 Å². The molecule has 0 radical (unpaired) electrons. The Hall–Kier alpha value is -1.08. The number of nitrogens with one attached hydrogen (secondary N) is 1. The van der Waals surface area contributed by atoms with Gasteiger partial charge in [0.05, 0.1) is 18.1 Å². The molecule has 0 aromatic carbocycles. The molecule has 2 unspecified atom stereocenters. The van der Waals surface area contributed by atoms with Gasteiger partial charge in [-0.25, -0.2) is 0 Å². The van der Waals surface area contributed by atoms with Gasteiger partial charge in [-0.15, -0.1) is 0 Å². The Morgan fingerprint density at radius 3 is 3.14 bits per heavy atom. The molecule has 0 aromatic heterocycles. The summed E-state index contributed by atoms with van der Waals surface area (Å²) < 4.78 is 5.35. The van der Waals surface area contributed by atoms with Crippen LogP contribution >= 0.6 is 0 Å². The minimum absolute atomic E-state index is 0.0606. The highest BCUT2D eigenvalue weighted by Crippen LogP contribution is 2.10. The van der Waals surface area contributed by atoms with E-state index in [9.17, 15) is 4.79 Å². The van der Waals surface area contributed by atoms with Gasteiger partial charge in [0.15, 0.2) is 0 Å². The lowest BCUT2D eigenvalue weighted by molar-refractivity contribution is -0.122. The maximum atomic E-state index is 11.3. The van der Waals surface area contributed by atoms with Crippen LogP contribution in [-0.2, 0) is 9.53 Å². The highest BCUT2D eigenvalue weighted by molar-refractivity contribution is 5.76. The molecule has 1 amide bonds. The minimum atomic E-state index is -0.209. The van der Waals surface area contributed by atoms with Crippen LogP contribution in [0.4, 0.5) is 0 Å². The Bertz CT molecular complexity index is 229. The summed E-state index contributed by atoms with van der Waals surface area (Å²) in [4.78, 5) is 11.3. The molecule has 1 aliphatic heterocycles. The van der Waals surface area contributed by atoms with Crippen LogP contribution in [0.5, 0.6) is 0 Å². The SMILES string of the molecule is CC(C#N)CC(=O)NCC1CCCO1. The Morgan fingerprint density at radius 2 is 2.57 bits per heavy atom. The van der Waals surface area contributed by atoms with Crippen LogP contribution in [0, 0.1) is 17.2 Å². The number of nitriles is 1. The van der Waals surface area contributed by atoms with Gasteiger partial charge in [0.25, 0.3) is 0 Å². The van der Waals surface area contributed by atoms with Crippen molar-refractivity contribution in [2.24, 2.45) is 5.92 Å². The van der Waals surface area contributed by atoms with E-state index in [-0.39, 0.29) is 24.3 Å². The highest BCUT2D eigenvalue weighted by Gasteiger charge is 2.16. The van der Waals surface area contributed by atoms with E-state index in [1.54, 1.807) is 6.92 Å². The normalized spacial score (nSPS) is 22.7. The highest BCUT2D eigenvalue weighted by atomic mass is 16.5. The topological polar surface area (TPSA) is 62.1 Å². The van der Waals surface area contributed by atoms with E-state index in [1.807, 2.05) is 6.07 Å². The third-order valence-electron chi connectivity index (χ3n) is 2.26. The first-order chi connectivity index (χ1) is 6.72.